The van der Waals surface area contributed by atoms with Gasteiger partial charge in [0.2, 0.25) is 17.7 Å². The van der Waals surface area contributed by atoms with Crippen LogP contribution in [0.2, 0.25) is 0 Å². The molecule has 2 aliphatic heterocycles. The molecule has 0 bridgehead atoms. The van der Waals surface area contributed by atoms with Crippen LogP contribution in [-0.2, 0) is 14.4 Å². The molecule has 0 aliphatic carbocycles. The van der Waals surface area contributed by atoms with Crippen LogP contribution in [0.4, 0.5) is 0 Å². The number of imide groups is 1. The normalized spacial score (nSPS) is 30.5. The van der Waals surface area contributed by atoms with Crippen molar-refractivity contribution in [1.29, 1.82) is 0 Å². The van der Waals surface area contributed by atoms with Crippen LogP contribution >= 0.6 is 0 Å². The smallest absolute Gasteiger partial charge is 0.244 e. The Balaban J connectivity index is 1.76. The van der Waals surface area contributed by atoms with E-state index in [-0.39, 0.29) is 30.2 Å². The summed E-state index contributed by atoms with van der Waals surface area (Å²) >= 11 is 0. The molecule has 6 nitrogen and oxygen atoms in total. The third kappa shape index (κ3) is 2.33. The number of carbonyl (C=O) groups excluding carboxylic acids is 3. The highest BCUT2D eigenvalue weighted by atomic mass is 16.2. The standard InChI is InChI=1S/C9H13N3O3/c13-7-2-1-5(11-7)4-10-6-3-8(14)12-9(6)15/h5-6,10H,1-4H2,(H,11,13)(H,12,14,15). The minimum absolute atomic E-state index is 0.0498. The Morgan fingerprint density at radius 3 is 2.60 bits per heavy atom. The zero-order valence-electron chi connectivity index (χ0n) is 8.21. The van der Waals surface area contributed by atoms with Gasteiger partial charge in [-0.2, -0.15) is 0 Å². The van der Waals surface area contributed by atoms with Crippen LogP contribution in [-0.4, -0.2) is 36.3 Å². The molecule has 2 saturated heterocycles. The average molecular weight is 211 g/mol. The van der Waals surface area contributed by atoms with Gasteiger partial charge in [0, 0.05) is 19.0 Å². The van der Waals surface area contributed by atoms with Gasteiger partial charge in [-0.05, 0) is 6.42 Å². The second-order valence-electron chi connectivity index (χ2n) is 3.88. The molecule has 0 saturated carbocycles. The van der Waals surface area contributed by atoms with Crippen molar-refractivity contribution < 1.29 is 14.4 Å². The lowest BCUT2D eigenvalue weighted by atomic mass is 10.2. The lowest BCUT2D eigenvalue weighted by Crippen LogP contribution is -2.43. The maximum absolute atomic E-state index is 11.2. The van der Waals surface area contributed by atoms with Crippen molar-refractivity contribution in [2.75, 3.05) is 6.54 Å². The average Bonchev–Trinajstić information content (AvgIpc) is 2.70. The van der Waals surface area contributed by atoms with Gasteiger partial charge in [-0.25, -0.2) is 0 Å². The minimum atomic E-state index is -0.435. The summed E-state index contributed by atoms with van der Waals surface area (Å²) in [4.78, 5) is 32.9. The van der Waals surface area contributed by atoms with Crippen LogP contribution in [0, 0.1) is 0 Å². The van der Waals surface area contributed by atoms with E-state index in [1.165, 1.54) is 0 Å². The van der Waals surface area contributed by atoms with Gasteiger partial charge in [0.25, 0.3) is 0 Å². The number of carbonyl (C=O) groups is 3. The van der Waals surface area contributed by atoms with Crippen molar-refractivity contribution in [3.05, 3.63) is 0 Å². The Labute approximate surface area is 86.8 Å². The van der Waals surface area contributed by atoms with Gasteiger partial charge >= 0.3 is 0 Å². The zero-order valence-corrected chi connectivity index (χ0v) is 8.21. The first-order valence-corrected chi connectivity index (χ1v) is 5.01. The van der Waals surface area contributed by atoms with Crippen molar-refractivity contribution in [1.82, 2.24) is 16.0 Å². The summed E-state index contributed by atoms with van der Waals surface area (Å²) < 4.78 is 0. The van der Waals surface area contributed by atoms with Gasteiger partial charge < -0.3 is 10.6 Å². The molecule has 3 N–H and O–H groups in total. The van der Waals surface area contributed by atoms with Crippen molar-refractivity contribution in [2.24, 2.45) is 0 Å². The minimum Gasteiger partial charge on any atom is -0.352 e. The fourth-order valence-corrected chi connectivity index (χ4v) is 1.83. The summed E-state index contributed by atoms with van der Waals surface area (Å²) in [6.07, 6.45) is 1.52. The van der Waals surface area contributed by atoms with E-state index in [0.717, 1.165) is 6.42 Å². The van der Waals surface area contributed by atoms with E-state index in [4.69, 9.17) is 0 Å². The highest BCUT2D eigenvalue weighted by molar-refractivity contribution is 6.05. The maximum Gasteiger partial charge on any atom is 0.244 e. The fraction of sp³-hybridized carbons (Fsp3) is 0.667. The zero-order chi connectivity index (χ0) is 10.8. The van der Waals surface area contributed by atoms with Crippen molar-refractivity contribution in [3.63, 3.8) is 0 Å². The number of rotatable bonds is 3. The third-order valence-corrected chi connectivity index (χ3v) is 2.66. The van der Waals surface area contributed by atoms with Gasteiger partial charge in [0.15, 0.2) is 0 Å². The molecule has 2 atom stereocenters. The Morgan fingerprint density at radius 1 is 1.27 bits per heavy atom. The summed E-state index contributed by atoms with van der Waals surface area (Å²) in [5.41, 5.74) is 0. The first-order chi connectivity index (χ1) is 7.15. The molecule has 0 radical (unpaired) electrons. The molecule has 15 heavy (non-hydrogen) atoms. The Bertz CT molecular complexity index is 316. The van der Waals surface area contributed by atoms with Crippen molar-refractivity contribution >= 4 is 17.7 Å². The molecule has 2 heterocycles. The summed E-state index contributed by atoms with van der Waals surface area (Å²) in [7, 11) is 0. The number of nitrogens with one attached hydrogen (secondary N) is 3. The van der Waals surface area contributed by atoms with Gasteiger partial charge in [-0.1, -0.05) is 0 Å². The van der Waals surface area contributed by atoms with E-state index in [1.807, 2.05) is 0 Å². The summed E-state index contributed by atoms with van der Waals surface area (Å²) in [5.74, 6) is -0.467. The second-order valence-corrected chi connectivity index (χ2v) is 3.88. The van der Waals surface area contributed by atoms with E-state index < -0.39 is 6.04 Å². The Hall–Kier alpha value is -1.43. The van der Waals surface area contributed by atoms with E-state index in [2.05, 4.69) is 16.0 Å². The first kappa shape index (κ1) is 10.1. The highest BCUT2D eigenvalue weighted by Crippen LogP contribution is 2.07. The number of amides is 3. The molecular weight excluding hydrogens is 198 g/mol. The molecule has 0 spiro atoms. The molecule has 0 aromatic heterocycles. The molecule has 2 rings (SSSR count). The van der Waals surface area contributed by atoms with E-state index >= 15 is 0 Å². The molecule has 0 aromatic carbocycles. The second kappa shape index (κ2) is 3.98. The predicted molar refractivity (Wildman–Crippen MR) is 50.7 cm³/mol. The van der Waals surface area contributed by atoms with Crippen LogP contribution in [0.1, 0.15) is 19.3 Å². The summed E-state index contributed by atoms with van der Waals surface area (Å²) in [6, 6.07) is -0.351. The molecule has 2 unspecified atom stereocenters. The predicted octanol–water partition coefficient (Wildman–Crippen LogP) is -1.73. The van der Waals surface area contributed by atoms with E-state index in [9.17, 15) is 14.4 Å². The largest absolute Gasteiger partial charge is 0.352 e. The quantitative estimate of drug-likeness (QED) is 0.484. The van der Waals surface area contributed by atoms with Gasteiger partial charge in [-0.3, -0.25) is 19.7 Å². The van der Waals surface area contributed by atoms with Crippen molar-refractivity contribution in [3.8, 4) is 0 Å². The van der Waals surface area contributed by atoms with Gasteiger partial charge in [0.1, 0.15) is 0 Å². The molecule has 3 amide bonds. The number of hydrogen-bond donors (Lipinski definition) is 3. The molecule has 2 fully saturated rings. The lowest BCUT2D eigenvalue weighted by Gasteiger charge is -2.13. The van der Waals surface area contributed by atoms with Crippen LogP contribution in [0.3, 0.4) is 0 Å². The Kier molecular flexibility index (Phi) is 2.68. The highest BCUT2D eigenvalue weighted by Gasteiger charge is 2.31. The van der Waals surface area contributed by atoms with Crippen LogP contribution < -0.4 is 16.0 Å². The molecule has 82 valence electrons. The maximum atomic E-state index is 11.2. The van der Waals surface area contributed by atoms with E-state index in [1.54, 1.807) is 0 Å². The SMILES string of the molecule is O=C1CC(NCC2CCC(=O)N2)C(=O)N1. The topological polar surface area (TPSA) is 87.3 Å². The lowest BCUT2D eigenvalue weighted by molar-refractivity contribution is -0.125. The molecular formula is C9H13N3O3. The van der Waals surface area contributed by atoms with Gasteiger partial charge in [-0.15, -0.1) is 0 Å². The molecule has 0 aromatic rings. The number of hydrogen-bond acceptors (Lipinski definition) is 4. The summed E-state index contributed by atoms with van der Waals surface area (Å²) in [5, 5.41) is 7.99. The molecule has 2 aliphatic rings. The summed E-state index contributed by atoms with van der Waals surface area (Å²) in [6.45, 7) is 0.539. The van der Waals surface area contributed by atoms with Crippen molar-refractivity contribution in [2.45, 2.75) is 31.3 Å². The Morgan fingerprint density at radius 2 is 2.07 bits per heavy atom. The van der Waals surface area contributed by atoms with Crippen LogP contribution in [0.5, 0.6) is 0 Å². The third-order valence-electron chi connectivity index (χ3n) is 2.66. The first-order valence-electron chi connectivity index (χ1n) is 5.01. The molecule has 6 heteroatoms. The van der Waals surface area contributed by atoms with E-state index in [0.29, 0.717) is 13.0 Å². The fourth-order valence-electron chi connectivity index (χ4n) is 1.83. The van der Waals surface area contributed by atoms with Crippen LogP contribution in [0.15, 0.2) is 0 Å². The monoisotopic (exact) mass is 211 g/mol. The van der Waals surface area contributed by atoms with Crippen LogP contribution in [0.25, 0.3) is 0 Å². The van der Waals surface area contributed by atoms with Gasteiger partial charge in [0.05, 0.1) is 12.5 Å².